The Morgan fingerprint density at radius 3 is 2.65 bits per heavy atom. The van der Waals surface area contributed by atoms with Gasteiger partial charge in [-0.25, -0.2) is 0 Å². The van der Waals surface area contributed by atoms with Crippen LogP contribution in [0.2, 0.25) is 0 Å². The van der Waals surface area contributed by atoms with Gasteiger partial charge in [-0.3, -0.25) is 0 Å². The SMILES string of the molecule is CC(C)(C)c1ccc(C(N)C2COc3ccccc32)s1. The fourth-order valence-electron chi connectivity index (χ4n) is 2.62. The van der Waals surface area contributed by atoms with Crippen LogP contribution in [0.15, 0.2) is 36.4 Å². The molecule has 0 amide bonds. The van der Waals surface area contributed by atoms with Crippen LogP contribution in [0, 0.1) is 0 Å². The van der Waals surface area contributed by atoms with Gasteiger partial charge in [0.25, 0.3) is 0 Å². The quantitative estimate of drug-likeness (QED) is 0.897. The zero-order valence-electron chi connectivity index (χ0n) is 12.2. The fraction of sp³-hybridized carbons (Fsp3) is 0.412. The molecule has 20 heavy (non-hydrogen) atoms. The van der Waals surface area contributed by atoms with Crippen molar-refractivity contribution in [2.24, 2.45) is 5.73 Å². The van der Waals surface area contributed by atoms with Crippen LogP contribution in [0.4, 0.5) is 0 Å². The summed E-state index contributed by atoms with van der Waals surface area (Å²) in [6.07, 6.45) is 0. The average molecular weight is 287 g/mol. The van der Waals surface area contributed by atoms with Gasteiger partial charge < -0.3 is 10.5 Å². The van der Waals surface area contributed by atoms with Gasteiger partial charge in [-0.2, -0.15) is 0 Å². The third-order valence-electron chi connectivity index (χ3n) is 3.86. The van der Waals surface area contributed by atoms with E-state index in [9.17, 15) is 0 Å². The van der Waals surface area contributed by atoms with Crippen molar-refractivity contribution in [1.82, 2.24) is 0 Å². The Hall–Kier alpha value is -1.32. The highest BCUT2D eigenvalue weighted by Gasteiger charge is 2.31. The number of hydrogen-bond donors (Lipinski definition) is 1. The van der Waals surface area contributed by atoms with Crippen molar-refractivity contribution < 1.29 is 4.74 Å². The Kier molecular flexibility index (Phi) is 3.35. The Bertz CT molecular complexity index is 611. The number of para-hydroxylation sites is 1. The third kappa shape index (κ3) is 2.36. The van der Waals surface area contributed by atoms with Gasteiger partial charge in [0.15, 0.2) is 0 Å². The summed E-state index contributed by atoms with van der Waals surface area (Å²) in [6.45, 7) is 7.40. The van der Waals surface area contributed by atoms with Crippen molar-refractivity contribution in [3.05, 3.63) is 51.7 Å². The van der Waals surface area contributed by atoms with E-state index in [1.807, 2.05) is 23.5 Å². The highest BCUT2D eigenvalue weighted by Crippen LogP contribution is 2.42. The molecule has 0 fully saturated rings. The van der Waals surface area contributed by atoms with E-state index < -0.39 is 0 Å². The third-order valence-corrected chi connectivity index (χ3v) is 5.48. The smallest absolute Gasteiger partial charge is 0.122 e. The number of thiophene rings is 1. The summed E-state index contributed by atoms with van der Waals surface area (Å²) < 4.78 is 5.75. The van der Waals surface area contributed by atoms with Crippen molar-refractivity contribution in [2.45, 2.75) is 38.1 Å². The van der Waals surface area contributed by atoms with E-state index in [0.29, 0.717) is 6.61 Å². The summed E-state index contributed by atoms with van der Waals surface area (Å²) in [5, 5.41) is 0. The van der Waals surface area contributed by atoms with Gasteiger partial charge in [-0.05, 0) is 23.6 Å². The summed E-state index contributed by atoms with van der Waals surface area (Å²) in [5.41, 5.74) is 7.93. The first-order valence-electron chi connectivity index (χ1n) is 7.04. The maximum absolute atomic E-state index is 6.50. The van der Waals surface area contributed by atoms with Crippen molar-refractivity contribution in [3.8, 4) is 5.75 Å². The van der Waals surface area contributed by atoms with Crippen molar-refractivity contribution in [1.29, 1.82) is 0 Å². The van der Waals surface area contributed by atoms with E-state index in [4.69, 9.17) is 10.5 Å². The molecule has 1 aromatic carbocycles. The Morgan fingerprint density at radius 2 is 1.95 bits per heavy atom. The molecule has 0 bridgehead atoms. The van der Waals surface area contributed by atoms with Gasteiger partial charge in [0, 0.05) is 27.3 Å². The normalized spacial score (nSPS) is 19.5. The first-order chi connectivity index (χ1) is 9.47. The van der Waals surface area contributed by atoms with E-state index in [0.717, 1.165) is 5.75 Å². The summed E-state index contributed by atoms with van der Waals surface area (Å²) in [7, 11) is 0. The highest BCUT2D eigenvalue weighted by molar-refractivity contribution is 7.12. The highest BCUT2D eigenvalue weighted by atomic mass is 32.1. The van der Waals surface area contributed by atoms with Gasteiger partial charge in [0.05, 0.1) is 6.61 Å². The first-order valence-corrected chi connectivity index (χ1v) is 7.86. The molecule has 2 N–H and O–H groups in total. The van der Waals surface area contributed by atoms with E-state index in [-0.39, 0.29) is 17.4 Å². The molecule has 2 heterocycles. The van der Waals surface area contributed by atoms with E-state index in [1.165, 1.54) is 15.3 Å². The predicted octanol–water partition coefficient (Wildman–Crippen LogP) is 4.22. The van der Waals surface area contributed by atoms with Crippen LogP contribution in [-0.2, 0) is 5.41 Å². The van der Waals surface area contributed by atoms with Crippen LogP contribution in [0.1, 0.15) is 48.0 Å². The lowest BCUT2D eigenvalue weighted by atomic mass is 9.92. The maximum Gasteiger partial charge on any atom is 0.122 e. The van der Waals surface area contributed by atoms with Crippen molar-refractivity contribution in [3.63, 3.8) is 0 Å². The summed E-state index contributed by atoms with van der Waals surface area (Å²) >= 11 is 1.83. The number of ether oxygens (including phenoxy) is 1. The molecule has 0 saturated carbocycles. The van der Waals surface area contributed by atoms with Crippen LogP contribution < -0.4 is 10.5 Å². The molecule has 3 heteroatoms. The van der Waals surface area contributed by atoms with Crippen LogP contribution in [-0.4, -0.2) is 6.61 Å². The number of fused-ring (bicyclic) bond motifs is 1. The van der Waals surface area contributed by atoms with Gasteiger partial charge >= 0.3 is 0 Å². The Balaban J connectivity index is 1.87. The van der Waals surface area contributed by atoms with Gasteiger partial charge in [0.2, 0.25) is 0 Å². The van der Waals surface area contributed by atoms with Gasteiger partial charge in [-0.1, -0.05) is 39.0 Å². The number of rotatable bonds is 2. The van der Waals surface area contributed by atoms with Crippen LogP contribution in [0.3, 0.4) is 0 Å². The molecule has 0 aliphatic carbocycles. The molecule has 0 saturated heterocycles. The summed E-state index contributed by atoms with van der Waals surface area (Å²) in [5.74, 6) is 1.25. The van der Waals surface area contributed by atoms with Gasteiger partial charge in [0.1, 0.15) is 5.75 Å². The van der Waals surface area contributed by atoms with E-state index in [2.05, 4.69) is 45.0 Å². The minimum atomic E-state index is 0.0137. The molecule has 106 valence electrons. The number of hydrogen-bond acceptors (Lipinski definition) is 3. The molecule has 2 unspecified atom stereocenters. The molecule has 2 aromatic rings. The zero-order valence-corrected chi connectivity index (χ0v) is 13.0. The molecular formula is C17H21NOS. The second-order valence-corrected chi connectivity index (χ2v) is 7.55. The standard InChI is InChI=1S/C17H21NOS/c1-17(2,3)15-9-8-14(20-15)16(18)12-10-19-13-7-5-4-6-11(12)13/h4-9,12,16H,10,18H2,1-3H3. The zero-order chi connectivity index (χ0) is 14.3. The average Bonchev–Trinajstić information content (AvgIpc) is 3.04. The molecule has 2 nitrogen and oxygen atoms in total. The minimum absolute atomic E-state index is 0.0137. The molecular weight excluding hydrogens is 266 g/mol. The number of benzene rings is 1. The van der Waals surface area contributed by atoms with Crippen molar-refractivity contribution in [2.75, 3.05) is 6.61 Å². The van der Waals surface area contributed by atoms with Crippen LogP contribution in [0.25, 0.3) is 0 Å². The number of nitrogens with two attached hydrogens (primary N) is 1. The summed E-state index contributed by atoms with van der Waals surface area (Å²) in [6, 6.07) is 12.6. The molecule has 1 aliphatic rings. The lowest BCUT2D eigenvalue weighted by molar-refractivity contribution is 0.316. The van der Waals surface area contributed by atoms with Gasteiger partial charge in [-0.15, -0.1) is 11.3 Å². The summed E-state index contributed by atoms with van der Waals surface area (Å²) in [4.78, 5) is 2.63. The second-order valence-electron chi connectivity index (χ2n) is 6.43. The second kappa shape index (κ2) is 4.90. The molecule has 0 spiro atoms. The largest absolute Gasteiger partial charge is 0.493 e. The minimum Gasteiger partial charge on any atom is -0.493 e. The van der Waals surface area contributed by atoms with Crippen LogP contribution in [0.5, 0.6) is 5.75 Å². The maximum atomic E-state index is 6.50. The molecule has 0 radical (unpaired) electrons. The molecule has 1 aliphatic heterocycles. The topological polar surface area (TPSA) is 35.2 Å². The molecule has 2 atom stereocenters. The monoisotopic (exact) mass is 287 g/mol. The lowest BCUT2D eigenvalue weighted by Gasteiger charge is -2.18. The van der Waals surface area contributed by atoms with E-state index in [1.54, 1.807) is 0 Å². The first kappa shape index (κ1) is 13.7. The lowest BCUT2D eigenvalue weighted by Crippen LogP contribution is -2.20. The Labute approximate surface area is 124 Å². The Morgan fingerprint density at radius 1 is 1.20 bits per heavy atom. The van der Waals surface area contributed by atoms with Crippen LogP contribution >= 0.6 is 11.3 Å². The molecule has 1 aromatic heterocycles. The van der Waals surface area contributed by atoms with Crippen molar-refractivity contribution >= 4 is 11.3 Å². The molecule has 3 rings (SSSR count). The predicted molar refractivity (Wildman–Crippen MR) is 84.6 cm³/mol. The fourth-order valence-corrected chi connectivity index (χ4v) is 3.75. The van der Waals surface area contributed by atoms with E-state index >= 15 is 0 Å².